The first-order valence-corrected chi connectivity index (χ1v) is 11.0. The molecule has 1 atom stereocenters. The molecule has 12 heteroatoms. The molecule has 0 saturated carbocycles. The molecule has 4 rings (SSSR count). The van der Waals surface area contributed by atoms with E-state index in [0.717, 1.165) is 40.9 Å². The third-order valence-electron chi connectivity index (χ3n) is 6.25. The molecular weight excluding hydrogens is 474 g/mol. The van der Waals surface area contributed by atoms with E-state index in [1.807, 2.05) is 26.0 Å². The van der Waals surface area contributed by atoms with E-state index >= 15 is 0 Å². The van der Waals surface area contributed by atoms with Gasteiger partial charge in [-0.25, -0.2) is 0 Å². The molecule has 0 unspecified atom stereocenters. The van der Waals surface area contributed by atoms with Crippen molar-refractivity contribution in [3.8, 4) is 0 Å². The number of H-pyrrole nitrogens is 1. The summed E-state index contributed by atoms with van der Waals surface area (Å²) >= 11 is 0. The molecule has 2 heterocycles. The van der Waals surface area contributed by atoms with E-state index in [9.17, 15) is 26.3 Å². The molecule has 6 nitrogen and oxygen atoms in total. The SMILES string of the molecule is Cc1ccc2c(c1C)NCCC[C@@H]2N(Cc1cc(C(F)(F)F)cc(C(F)(F)F)c1)c1n[nH][n+](C)n1. The lowest BCUT2D eigenvalue weighted by molar-refractivity contribution is -0.783. The van der Waals surface area contributed by atoms with Crippen molar-refractivity contribution in [2.75, 3.05) is 16.8 Å². The van der Waals surface area contributed by atoms with Crippen molar-refractivity contribution >= 4 is 11.6 Å². The van der Waals surface area contributed by atoms with Crippen LogP contribution in [0.15, 0.2) is 30.3 Å². The standard InChI is InChI=1S/C23H24F6N6/c1-13-6-7-18-19(5-4-8-30-20(18)14(13)2)35(21-31-33-34(3)32-21)12-15-9-16(22(24,25)26)11-17(10-15)23(27,28)29/h6-7,9-11,19,30H,4-5,8,12H2,1-3H3/p+1/t19-/m0/s1. The van der Waals surface area contributed by atoms with Crippen molar-refractivity contribution in [2.45, 2.75) is 51.6 Å². The smallest absolute Gasteiger partial charge is 0.385 e. The molecule has 3 aromatic rings. The van der Waals surface area contributed by atoms with E-state index < -0.39 is 23.5 Å². The van der Waals surface area contributed by atoms with Crippen LogP contribution in [0.25, 0.3) is 0 Å². The second-order valence-electron chi connectivity index (χ2n) is 8.73. The molecule has 1 aliphatic rings. The minimum atomic E-state index is -4.93. The Morgan fingerprint density at radius 1 is 1.03 bits per heavy atom. The van der Waals surface area contributed by atoms with E-state index in [-0.39, 0.29) is 30.2 Å². The maximum atomic E-state index is 13.5. The molecule has 0 amide bonds. The first kappa shape index (κ1) is 24.8. The van der Waals surface area contributed by atoms with Crippen LogP contribution in [-0.4, -0.2) is 22.0 Å². The van der Waals surface area contributed by atoms with Gasteiger partial charge in [-0.1, -0.05) is 16.9 Å². The second-order valence-corrected chi connectivity index (χ2v) is 8.73. The van der Waals surface area contributed by atoms with Crippen LogP contribution in [0, 0.1) is 13.8 Å². The number of rotatable bonds is 4. The van der Waals surface area contributed by atoms with Crippen molar-refractivity contribution in [3.63, 3.8) is 0 Å². The molecule has 0 spiro atoms. The van der Waals surface area contributed by atoms with Crippen LogP contribution >= 0.6 is 0 Å². The van der Waals surface area contributed by atoms with Gasteiger partial charge in [-0.3, -0.25) is 0 Å². The highest BCUT2D eigenvalue weighted by Crippen LogP contribution is 2.40. The average molecular weight is 499 g/mol. The summed E-state index contributed by atoms with van der Waals surface area (Å²) in [6, 6.07) is 5.16. The zero-order valence-corrected chi connectivity index (χ0v) is 19.3. The van der Waals surface area contributed by atoms with Gasteiger partial charge in [-0.15, -0.1) is 0 Å². The van der Waals surface area contributed by atoms with Crippen LogP contribution in [0.5, 0.6) is 0 Å². The molecule has 2 N–H and O–H groups in total. The lowest BCUT2D eigenvalue weighted by Crippen LogP contribution is -2.35. The summed E-state index contributed by atoms with van der Waals surface area (Å²) < 4.78 is 80.8. The Kier molecular flexibility index (Phi) is 6.41. The number of alkyl halides is 6. The molecule has 1 aromatic heterocycles. The first-order valence-electron chi connectivity index (χ1n) is 11.0. The summed E-state index contributed by atoms with van der Waals surface area (Å²) in [7, 11) is 1.59. The van der Waals surface area contributed by atoms with E-state index in [0.29, 0.717) is 13.0 Å². The number of hydrogen-bond donors (Lipinski definition) is 2. The number of fused-ring (bicyclic) bond motifs is 1. The summed E-state index contributed by atoms with van der Waals surface area (Å²) in [6.45, 7) is 4.39. The summed E-state index contributed by atoms with van der Waals surface area (Å²) in [4.78, 5) is 2.98. The predicted molar refractivity (Wildman–Crippen MR) is 117 cm³/mol. The first-order chi connectivity index (χ1) is 16.3. The number of aromatic nitrogens is 4. The predicted octanol–water partition coefficient (Wildman–Crippen LogP) is 5.24. The molecule has 0 bridgehead atoms. The molecule has 0 saturated heterocycles. The van der Waals surface area contributed by atoms with Crippen LogP contribution in [0.4, 0.5) is 38.0 Å². The lowest BCUT2D eigenvalue weighted by atomic mass is 9.95. The molecule has 35 heavy (non-hydrogen) atoms. The molecule has 0 fully saturated rings. The van der Waals surface area contributed by atoms with Gasteiger partial charge in [0.05, 0.1) is 22.3 Å². The average Bonchev–Trinajstić information content (AvgIpc) is 3.08. The maximum absolute atomic E-state index is 13.5. The Hall–Kier alpha value is -3.31. The van der Waals surface area contributed by atoms with Gasteiger partial charge in [-0.05, 0) is 72.4 Å². The Labute approximate surface area is 197 Å². The fourth-order valence-electron chi connectivity index (χ4n) is 4.38. The molecular formula is C23H25F6N6+. The van der Waals surface area contributed by atoms with Gasteiger partial charge < -0.3 is 10.2 Å². The minimum absolute atomic E-state index is 0.137. The van der Waals surface area contributed by atoms with Crippen molar-refractivity contribution in [1.82, 2.24) is 15.4 Å². The zero-order valence-electron chi connectivity index (χ0n) is 19.3. The molecule has 0 aliphatic carbocycles. The highest BCUT2D eigenvalue weighted by molar-refractivity contribution is 5.63. The van der Waals surface area contributed by atoms with Gasteiger partial charge in [0.15, 0.2) is 0 Å². The number of nitrogens with zero attached hydrogens (tertiary/aromatic N) is 4. The topological polar surface area (TPSA) is 60.7 Å². The largest absolute Gasteiger partial charge is 0.416 e. The number of aryl methyl sites for hydroxylation is 2. The van der Waals surface area contributed by atoms with E-state index in [4.69, 9.17) is 0 Å². The van der Waals surface area contributed by atoms with Crippen LogP contribution in [0.1, 0.15) is 52.3 Å². The quantitative estimate of drug-likeness (QED) is 0.381. The van der Waals surface area contributed by atoms with Gasteiger partial charge in [0.1, 0.15) is 7.05 Å². The number of benzene rings is 2. The van der Waals surface area contributed by atoms with E-state index in [2.05, 4.69) is 20.7 Å². The number of hydrogen-bond acceptors (Lipinski definition) is 4. The normalized spacial score (nSPS) is 16.4. The summed E-state index contributed by atoms with van der Waals surface area (Å²) in [5.41, 5.74) is 1.07. The number of nitrogens with one attached hydrogen (secondary N) is 2. The van der Waals surface area contributed by atoms with Gasteiger partial charge in [0.25, 0.3) is 0 Å². The Bertz CT molecular complexity index is 1180. The second kappa shape index (κ2) is 9.04. The van der Waals surface area contributed by atoms with Gasteiger partial charge >= 0.3 is 18.3 Å². The Morgan fingerprint density at radius 2 is 1.69 bits per heavy atom. The number of halogens is 6. The van der Waals surface area contributed by atoms with Crippen molar-refractivity contribution in [2.24, 2.45) is 7.05 Å². The summed E-state index contributed by atoms with van der Waals surface area (Å²) in [5, 5.41) is 14.5. The Morgan fingerprint density at radius 3 is 2.26 bits per heavy atom. The van der Waals surface area contributed by atoms with Gasteiger partial charge in [0, 0.05) is 23.9 Å². The lowest BCUT2D eigenvalue weighted by Gasteiger charge is -2.30. The van der Waals surface area contributed by atoms with Crippen LogP contribution in [-0.2, 0) is 25.9 Å². The minimum Gasteiger partial charge on any atom is -0.385 e. The van der Waals surface area contributed by atoms with Crippen LogP contribution in [0.2, 0.25) is 0 Å². The third kappa shape index (κ3) is 5.20. The fraction of sp³-hybridized carbons (Fsp3) is 0.435. The molecule has 0 radical (unpaired) electrons. The van der Waals surface area contributed by atoms with Crippen LogP contribution in [0.3, 0.4) is 0 Å². The van der Waals surface area contributed by atoms with Crippen molar-refractivity contribution in [3.05, 3.63) is 63.7 Å². The Balaban J connectivity index is 1.84. The number of anilines is 2. The monoisotopic (exact) mass is 499 g/mol. The maximum Gasteiger partial charge on any atom is 0.416 e. The molecule has 1 aliphatic heterocycles. The zero-order chi connectivity index (χ0) is 25.5. The summed E-state index contributed by atoms with van der Waals surface area (Å²) in [6.07, 6.45) is -8.51. The highest BCUT2D eigenvalue weighted by Gasteiger charge is 2.38. The number of tetrazole rings is 1. The van der Waals surface area contributed by atoms with E-state index in [1.54, 1.807) is 11.9 Å². The number of aromatic amines is 1. The fourth-order valence-corrected chi connectivity index (χ4v) is 4.38. The third-order valence-corrected chi connectivity index (χ3v) is 6.25. The summed E-state index contributed by atoms with van der Waals surface area (Å²) in [5.74, 6) is 0.176. The van der Waals surface area contributed by atoms with Crippen LogP contribution < -0.4 is 15.0 Å². The van der Waals surface area contributed by atoms with Crippen molar-refractivity contribution in [1.29, 1.82) is 0 Å². The highest BCUT2D eigenvalue weighted by atomic mass is 19.4. The van der Waals surface area contributed by atoms with Gasteiger partial charge in [-0.2, -0.15) is 26.3 Å². The van der Waals surface area contributed by atoms with Crippen molar-refractivity contribution < 1.29 is 31.1 Å². The molecule has 2 aromatic carbocycles. The molecule has 188 valence electrons. The van der Waals surface area contributed by atoms with Gasteiger partial charge in [0.2, 0.25) is 0 Å². The van der Waals surface area contributed by atoms with E-state index in [1.165, 1.54) is 4.80 Å².